The molecule has 5 atom stereocenters. The Morgan fingerprint density at radius 2 is 1.39 bits per heavy atom. The molecule has 4 amide bonds. The molecule has 4 heterocycles. The summed E-state index contributed by atoms with van der Waals surface area (Å²) in [5.41, 5.74) is 8.39. The number of nitrogens with one attached hydrogen (secondary N) is 4. The third-order valence-corrected chi connectivity index (χ3v) is 11.5. The molecular weight excluding hydrogens is 729 g/mol. The first-order valence-electron chi connectivity index (χ1n) is 19.9. The second kappa shape index (κ2) is 17.6. The third-order valence-electron chi connectivity index (χ3n) is 11.5. The molecule has 2 aliphatic heterocycles. The number of alkyl carbamates (subject to hydrolysis) is 1. The van der Waals surface area contributed by atoms with Gasteiger partial charge in [0.05, 0.1) is 50.6 Å². The fraction of sp³-hybridized carbons (Fsp3) is 0.476. The minimum atomic E-state index is -0.722. The van der Waals surface area contributed by atoms with Gasteiger partial charge in [-0.1, -0.05) is 61.4 Å². The van der Waals surface area contributed by atoms with Crippen molar-refractivity contribution in [3.63, 3.8) is 0 Å². The number of amides is 4. The lowest BCUT2D eigenvalue weighted by Gasteiger charge is -2.35. The van der Waals surface area contributed by atoms with E-state index in [0.29, 0.717) is 26.2 Å². The van der Waals surface area contributed by atoms with Crippen LogP contribution in [0.5, 0.6) is 0 Å². The zero-order valence-electron chi connectivity index (χ0n) is 33.0. The zero-order chi connectivity index (χ0) is 40.1. The molecule has 0 spiro atoms. The van der Waals surface area contributed by atoms with Gasteiger partial charge in [-0.05, 0) is 68.2 Å². The van der Waals surface area contributed by atoms with Crippen molar-refractivity contribution in [2.75, 3.05) is 34.0 Å². The van der Waals surface area contributed by atoms with Crippen molar-refractivity contribution in [3.8, 4) is 33.6 Å². The maximum Gasteiger partial charge on any atom is 0.425 e. The maximum atomic E-state index is 13.8. The average molecular weight is 781 g/mol. The molecule has 0 bridgehead atoms. The first kappa shape index (κ1) is 39.5. The summed E-state index contributed by atoms with van der Waals surface area (Å²) in [5.74, 6) is 0.692. The van der Waals surface area contributed by atoms with E-state index in [4.69, 9.17) is 24.2 Å². The van der Waals surface area contributed by atoms with E-state index in [9.17, 15) is 19.2 Å². The van der Waals surface area contributed by atoms with E-state index in [0.717, 1.165) is 83.8 Å². The molecule has 15 nitrogen and oxygen atoms in total. The number of carbonyl (C=O) groups is 4. The molecule has 2 aromatic heterocycles. The Kier molecular flexibility index (Phi) is 12.2. The van der Waals surface area contributed by atoms with Crippen LogP contribution >= 0.6 is 0 Å². The normalized spacial score (nSPS) is 21.2. The highest BCUT2D eigenvalue weighted by molar-refractivity contribution is 5.87. The topological polar surface area (TPSA) is 184 Å². The van der Waals surface area contributed by atoms with E-state index >= 15 is 0 Å². The number of H-pyrrole nitrogens is 2. The van der Waals surface area contributed by atoms with Crippen molar-refractivity contribution in [2.24, 2.45) is 11.8 Å². The Balaban J connectivity index is 1.01. The summed E-state index contributed by atoms with van der Waals surface area (Å²) in [6.07, 6.45) is 8.11. The van der Waals surface area contributed by atoms with Crippen LogP contribution in [0.2, 0.25) is 0 Å². The molecule has 0 radical (unpaired) electrons. The van der Waals surface area contributed by atoms with Gasteiger partial charge in [0.25, 0.3) is 0 Å². The lowest BCUT2D eigenvalue weighted by Crippen LogP contribution is -2.53. The molecule has 2 saturated heterocycles. The Morgan fingerprint density at radius 3 is 1.98 bits per heavy atom. The molecule has 1 aliphatic carbocycles. The molecule has 3 aliphatic rings. The number of benzene rings is 2. The fourth-order valence-corrected chi connectivity index (χ4v) is 8.40. The van der Waals surface area contributed by atoms with Gasteiger partial charge in [0.15, 0.2) is 0 Å². The van der Waals surface area contributed by atoms with E-state index in [-0.39, 0.29) is 41.7 Å². The number of hydrogen-bond acceptors (Lipinski definition) is 9. The maximum absolute atomic E-state index is 13.8. The minimum Gasteiger partial charge on any atom is -0.453 e. The largest absolute Gasteiger partial charge is 0.453 e. The van der Waals surface area contributed by atoms with Crippen molar-refractivity contribution < 1.29 is 33.4 Å². The number of methoxy groups -OCH3 is 2. The number of aromatic nitrogens is 4. The quantitative estimate of drug-likeness (QED) is 0.133. The number of hydrazine groups is 1. The van der Waals surface area contributed by atoms with Crippen LogP contribution in [0.4, 0.5) is 9.59 Å². The summed E-state index contributed by atoms with van der Waals surface area (Å²) in [5, 5.41) is 4.13. The standard InChI is InChI=1S/C42H52N8O7/c1-25(2)50(48-42(54)56-4)39(51)32-9-6-5-8-31(32)37-43-22-33(45-37)28-15-11-26(12-16-28)27-13-17-29(18-14-27)34-23-44-38(46-34)35-10-7-20-49(35)40(52)36(47-41(53)55-3)30-19-21-57-24-30/h11-18,22-23,25,30-32,35-36H,5-10,19-21,24H2,1-4H3,(H,43,45)(H,44,46)(H,47,53)(H,48,54)/t30?,31-,32-,35-,36?/m0/s1. The fourth-order valence-electron chi connectivity index (χ4n) is 8.40. The monoisotopic (exact) mass is 780 g/mol. The zero-order valence-corrected chi connectivity index (χ0v) is 33.0. The smallest absolute Gasteiger partial charge is 0.425 e. The first-order valence-corrected chi connectivity index (χ1v) is 19.9. The van der Waals surface area contributed by atoms with E-state index in [1.807, 2.05) is 24.9 Å². The summed E-state index contributed by atoms with van der Waals surface area (Å²) in [7, 11) is 2.57. The average Bonchev–Trinajstić information content (AvgIpc) is 4.09. The number of nitrogens with zero attached hydrogens (tertiary/aromatic N) is 4. The van der Waals surface area contributed by atoms with Crippen LogP contribution in [0.25, 0.3) is 33.6 Å². The van der Waals surface area contributed by atoms with Gasteiger partial charge in [0, 0.05) is 36.9 Å². The highest BCUT2D eigenvalue weighted by atomic mass is 16.5. The third kappa shape index (κ3) is 8.68. The predicted octanol–water partition coefficient (Wildman–Crippen LogP) is 6.34. The van der Waals surface area contributed by atoms with E-state index in [1.165, 1.54) is 19.2 Å². The van der Waals surface area contributed by atoms with Gasteiger partial charge in [0.1, 0.15) is 17.7 Å². The Hall–Kier alpha value is -5.70. The molecule has 302 valence electrons. The van der Waals surface area contributed by atoms with Gasteiger partial charge in [0.2, 0.25) is 11.8 Å². The highest BCUT2D eigenvalue weighted by Gasteiger charge is 2.41. The molecule has 3 fully saturated rings. The van der Waals surface area contributed by atoms with E-state index < -0.39 is 18.2 Å². The van der Waals surface area contributed by atoms with Gasteiger partial charge in [-0.15, -0.1) is 0 Å². The summed E-state index contributed by atoms with van der Waals surface area (Å²) < 4.78 is 15.1. The number of aromatic amines is 2. The SMILES string of the molecule is COC(=O)NC(C(=O)N1CCC[C@H]1c1ncc(-c2ccc(-c3ccc(-c4cnc([C@H]5CCCC[C@@H]5C(=O)N(NC(=O)OC)C(C)C)[nH]4)cc3)cc2)[nH]1)C1CCOC1. The molecule has 15 heteroatoms. The number of carbonyl (C=O) groups excluding carboxylic acids is 4. The highest BCUT2D eigenvalue weighted by Crippen LogP contribution is 2.39. The Morgan fingerprint density at radius 1 is 0.789 bits per heavy atom. The summed E-state index contributed by atoms with van der Waals surface area (Å²) >= 11 is 0. The Labute approximate surface area is 332 Å². The summed E-state index contributed by atoms with van der Waals surface area (Å²) in [6.45, 7) is 5.28. The van der Waals surface area contributed by atoms with Crippen LogP contribution in [0.1, 0.15) is 82.4 Å². The van der Waals surface area contributed by atoms with Gasteiger partial charge in [-0.2, -0.15) is 0 Å². The van der Waals surface area contributed by atoms with Crippen LogP contribution in [-0.2, 0) is 23.8 Å². The van der Waals surface area contributed by atoms with Crippen molar-refractivity contribution in [3.05, 3.63) is 72.6 Å². The number of likely N-dealkylation sites (tertiary alicyclic amines) is 1. The number of imidazole rings is 2. The lowest BCUT2D eigenvalue weighted by molar-refractivity contribution is -0.142. The van der Waals surface area contributed by atoms with Crippen molar-refractivity contribution in [1.29, 1.82) is 0 Å². The van der Waals surface area contributed by atoms with Crippen molar-refractivity contribution >= 4 is 24.0 Å². The lowest BCUT2D eigenvalue weighted by atomic mass is 9.78. The molecule has 1 saturated carbocycles. The minimum absolute atomic E-state index is 0.0937. The van der Waals surface area contributed by atoms with Gasteiger partial charge >= 0.3 is 12.2 Å². The molecule has 7 rings (SSSR count). The number of hydrogen-bond donors (Lipinski definition) is 4. The molecule has 2 aromatic carbocycles. The van der Waals surface area contributed by atoms with Gasteiger partial charge in [-0.25, -0.2) is 30.0 Å². The summed E-state index contributed by atoms with van der Waals surface area (Å²) in [6, 6.07) is 15.4. The second-order valence-electron chi connectivity index (χ2n) is 15.3. The molecular formula is C42H52N8O7. The molecule has 4 aromatic rings. The van der Waals surface area contributed by atoms with Crippen LogP contribution in [0.3, 0.4) is 0 Å². The van der Waals surface area contributed by atoms with E-state index in [2.05, 4.69) is 69.2 Å². The predicted molar refractivity (Wildman–Crippen MR) is 211 cm³/mol. The van der Waals surface area contributed by atoms with Gasteiger partial charge in [-0.3, -0.25) is 9.59 Å². The molecule has 57 heavy (non-hydrogen) atoms. The van der Waals surface area contributed by atoms with Crippen LogP contribution in [-0.4, -0.2) is 99.9 Å². The van der Waals surface area contributed by atoms with Crippen LogP contribution in [0, 0.1) is 11.8 Å². The summed E-state index contributed by atoms with van der Waals surface area (Å²) in [4.78, 5) is 69.9. The number of rotatable bonds is 10. The van der Waals surface area contributed by atoms with Crippen molar-refractivity contribution in [1.82, 2.24) is 40.6 Å². The van der Waals surface area contributed by atoms with Crippen molar-refractivity contribution in [2.45, 2.75) is 82.8 Å². The second-order valence-corrected chi connectivity index (χ2v) is 15.3. The van der Waals surface area contributed by atoms with Crippen LogP contribution in [0.15, 0.2) is 60.9 Å². The molecule has 2 unspecified atom stereocenters. The Bertz CT molecular complexity index is 2020. The van der Waals surface area contributed by atoms with Crippen LogP contribution < -0.4 is 10.7 Å². The first-order chi connectivity index (χ1) is 27.6. The molecule has 4 N–H and O–H groups in total. The van der Waals surface area contributed by atoms with E-state index in [1.54, 1.807) is 6.20 Å². The number of ether oxygens (including phenoxy) is 3. The van der Waals surface area contributed by atoms with Gasteiger partial charge < -0.3 is 34.4 Å².